The molecule has 2 aromatic rings. The number of benzene rings is 2. The third-order valence-corrected chi connectivity index (χ3v) is 3.58. The number of esters is 1. The number of allylic oxidation sites excluding steroid dienone is 1. The minimum atomic E-state index is -0.350. The Hall–Kier alpha value is -2.75. The summed E-state index contributed by atoms with van der Waals surface area (Å²) < 4.78 is 15.3. The summed E-state index contributed by atoms with van der Waals surface area (Å²) in [5.74, 6) is 1.19. The Kier molecular flexibility index (Phi) is 3.83. The van der Waals surface area contributed by atoms with Gasteiger partial charge in [0.15, 0.2) is 11.5 Å². The molecule has 0 saturated carbocycles. The van der Waals surface area contributed by atoms with Crippen molar-refractivity contribution in [2.24, 2.45) is 0 Å². The summed E-state index contributed by atoms with van der Waals surface area (Å²) in [5.41, 5.74) is 3.98. The quantitative estimate of drug-likeness (QED) is 0.640. The molecule has 0 aromatic heterocycles. The van der Waals surface area contributed by atoms with E-state index in [-0.39, 0.29) is 12.8 Å². The van der Waals surface area contributed by atoms with Gasteiger partial charge in [-0.05, 0) is 41.3 Å². The third kappa shape index (κ3) is 2.81. The van der Waals surface area contributed by atoms with Gasteiger partial charge in [0.05, 0.1) is 7.11 Å². The van der Waals surface area contributed by atoms with Crippen molar-refractivity contribution in [1.82, 2.24) is 0 Å². The standard InChI is InChI=1S/C18H16O4/c1-12(9-18(19)20-2)13-3-5-14(6-4-13)15-7-8-16-17(10-15)22-11-21-16/h3-10H,11H2,1-2H3/b12-9+. The van der Waals surface area contributed by atoms with E-state index >= 15 is 0 Å². The average molecular weight is 296 g/mol. The predicted octanol–water partition coefficient (Wildman–Crippen LogP) is 3.66. The van der Waals surface area contributed by atoms with Gasteiger partial charge in [-0.25, -0.2) is 4.79 Å². The SMILES string of the molecule is COC(=O)/C=C(\C)c1ccc(-c2ccc3c(c2)OCO3)cc1. The highest BCUT2D eigenvalue weighted by Gasteiger charge is 2.13. The van der Waals surface area contributed by atoms with Crippen LogP contribution in [0.2, 0.25) is 0 Å². The minimum absolute atomic E-state index is 0.273. The van der Waals surface area contributed by atoms with Crippen LogP contribution in [-0.4, -0.2) is 19.9 Å². The number of carbonyl (C=O) groups is 1. The fraction of sp³-hybridized carbons (Fsp3) is 0.167. The highest BCUT2D eigenvalue weighted by molar-refractivity contribution is 5.91. The van der Waals surface area contributed by atoms with Gasteiger partial charge in [-0.2, -0.15) is 0 Å². The first-order chi connectivity index (χ1) is 10.7. The van der Waals surface area contributed by atoms with Gasteiger partial charge < -0.3 is 14.2 Å². The first-order valence-electron chi connectivity index (χ1n) is 6.94. The van der Waals surface area contributed by atoms with Crippen molar-refractivity contribution in [1.29, 1.82) is 0 Å². The van der Waals surface area contributed by atoms with E-state index in [9.17, 15) is 4.79 Å². The predicted molar refractivity (Wildman–Crippen MR) is 83.7 cm³/mol. The lowest BCUT2D eigenvalue weighted by atomic mass is 10.0. The largest absolute Gasteiger partial charge is 0.466 e. The zero-order valence-corrected chi connectivity index (χ0v) is 12.5. The molecule has 4 nitrogen and oxygen atoms in total. The molecule has 3 rings (SSSR count). The average Bonchev–Trinajstić information content (AvgIpc) is 3.02. The highest BCUT2D eigenvalue weighted by Crippen LogP contribution is 2.36. The molecule has 0 fully saturated rings. The van der Waals surface area contributed by atoms with Crippen LogP contribution in [0.4, 0.5) is 0 Å². The van der Waals surface area contributed by atoms with Gasteiger partial charge in [-0.15, -0.1) is 0 Å². The van der Waals surface area contributed by atoms with Crippen LogP contribution in [-0.2, 0) is 9.53 Å². The van der Waals surface area contributed by atoms with Crippen molar-refractivity contribution in [3.63, 3.8) is 0 Å². The molecule has 0 saturated heterocycles. The van der Waals surface area contributed by atoms with Crippen LogP contribution in [0.15, 0.2) is 48.5 Å². The normalized spacial score (nSPS) is 13.1. The van der Waals surface area contributed by atoms with E-state index in [4.69, 9.17) is 9.47 Å². The second-order valence-corrected chi connectivity index (χ2v) is 5.00. The zero-order valence-electron chi connectivity index (χ0n) is 12.5. The van der Waals surface area contributed by atoms with Gasteiger partial charge in [0.2, 0.25) is 6.79 Å². The first kappa shape index (κ1) is 14.2. The van der Waals surface area contributed by atoms with E-state index in [0.29, 0.717) is 0 Å². The maximum atomic E-state index is 11.3. The smallest absolute Gasteiger partial charge is 0.330 e. The van der Waals surface area contributed by atoms with Crippen LogP contribution in [0.25, 0.3) is 16.7 Å². The molecular weight excluding hydrogens is 280 g/mol. The van der Waals surface area contributed by atoms with Crippen molar-refractivity contribution >= 4 is 11.5 Å². The van der Waals surface area contributed by atoms with Crippen LogP contribution in [0.5, 0.6) is 11.5 Å². The van der Waals surface area contributed by atoms with Gasteiger partial charge in [-0.1, -0.05) is 30.3 Å². The molecule has 4 heteroatoms. The topological polar surface area (TPSA) is 44.8 Å². The Labute approximate surface area is 128 Å². The van der Waals surface area contributed by atoms with Gasteiger partial charge in [0, 0.05) is 6.08 Å². The van der Waals surface area contributed by atoms with Crippen LogP contribution in [0, 0.1) is 0 Å². The molecule has 2 aromatic carbocycles. The number of hydrogen-bond donors (Lipinski definition) is 0. The highest BCUT2D eigenvalue weighted by atomic mass is 16.7. The lowest BCUT2D eigenvalue weighted by Crippen LogP contribution is -1.95. The molecule has 0 radical (unpaired) electrons. The maximum absolute atomic E-state index is 11.3. The molecule has 0 spiro atoms. The summed E-state index contributed by atoms with van der Waals surface area (Å²) in [6.45, 7) is 2.15. The fourth-order valence-electron chi connectivity index (χ4n) is 2.32. The molecule has 112 valence electrons. The molecule has 0 atom stereocenters. The summed E-state index contributed by atoms with van der Waals surface area (Å²) >= 11 is 0. The number of ether oxygens (including phenoxy) is 3. The lowest BCUT2D eigenvalue weighted by molar-refractivity contribution is -0.134. The van der Waals surface area contributed by atoms with Crippen LogP contribution in [0.3, 0.4) is 0 Å². The number of fused-ring (bicyclic) bond motifs is 1. The molecule has 0 bridgehead atoms. The zero-order chi connectivity index (χ0) is 15.5. The summed E-state index contributed by atoms with van der Waals surface area (Å²) in [7, 11) is 1.37. The van der Waals surface area contributed by atoms with Gasteiger partial charge in [-0.3, -0.25) is 0 Å². The lowest BCUT2D eigenvalue weighted by Gasteiger charge is -2.06. The van der Waals surface area contributed by atoms with Crippen molar-refractivity contribution in [3.05, 3.63) is 54.1 Å². The second-order valence-electron chi connectivity index (χ2n) is 5.00. The van der Waals surface area contributed by atoms with E-state index in [1.54, 1.807) is 0 Å². The Morgan fingerprint density at radius 1 is 1.05 bits per heavy atom. The molecule has 0 N–H and O–H groups in total. The van der Waals surface area contributed by atoms with Gasteiger partial charge in [0.1, 0.15) is 0 Å². The molecule has 1 aliphatic rings. The van der Waals surface area contributed by atoms with E-state index in [1.165, 1.54) is 13.2 Å². The van der Waals surface area contributed by atoms with Crippen molar-refractivity contribution in [3.8, 4) is 22.6 Å². The van der Waals surface area contributed by atoms with E-state index in [0.717, 1.165) is 33.8 Å². The van der Waals surface area contributed by atoms with E-state index in [1.807, 2.05) is 49.4 Å². The number of methoxy groups -OCH3 is 1. The van der Waals surface area contributed by atoms with Gasteiger partial charge >= 0.3 is 5.97 Å². The van der Waals surface area contributed by atoms with Crippen LogP contribution < -0.4 is 9.47 Å². The van der Waals surface area contributed by atoms with Crippen molar-refractivity contribution in [2.45, 2.75) is 6.92 Å². The van der Waals surface area contributed by atoms with Crippen molar-refractivity contribution in [2.75, 3.05) is 13.9 Å². The summed E-state index contributed by atoms with van der Waals surface area (Å²) in [4.78, 5) is 11.3. The third-order valence-electron chi connectivity index (χ3n) is 3.58. The Morgan fingerprint density at radius 2 is 1.73 bits per heavy atom. The monoisotopic (exact) mass is 296 g/mol. The Balaban J connectivity index is 1.85. The van der Waals surface area contributed by atoms with Crippen LogP contribution >= 0.6 is 0 Å². The number of rotatable bonds is 3. The van der Waals surface area contributed by atoms with E-state index in [2.05, 4.69) is 4.74 Å². The Bertz CT molecular complexity index is 729. The van der Waals surface area contributed by atoms with Gasteiger partial charge in [0.25, 0.3) is 0 Å². The molecule has 0 aliphatic carbocycles. The Morgan fingerprint density at radius 3 is 2.45 bits per heavy atom. The molecule has 0 unspecified atom stereocenters. The molecule has 22 heavy (non-hydrogen) atoms. The first-order valence-corrected chi connectivity index (χ1v) is 6.94. The number of hydrogen-bond acceptors (Lipinski definition) is 4. The maximum Gasteiger partial charge on any atom is 0.330 e. The second kappa shape index (κ2) is 5.93. The van der Waals surface area contributed by atoms with E-state index < -0.39 is 0 Å². The summed E-state index contributed by atoms with van der Waals surface area (Å²) in [6, 6.07) is 13.9. The summed E-state index contributed by atoms with van der Waals surface area (Å²) in [5, 5.41) is 0. The fourth-order valence-corrected chi connectivity index (χ4v) is 2.32. The van der Waals surface area contributed by atoms with Crippen molar-refractivity contribution < 1.29 is 19.0 Å². The van der Waals surface area contributed by atoms with Crippen LogP contribution in [0.1, 0.15) is 12.5 Å². The number of carbonyl (C=O) groups excluding carboxylic acids is 1. The summed E-state index contributed by atoms with van der Waals surface area (Å²) in [6.07, 6.45) is 1.48. The minimum Gasteiger partial charge on any atom is -0.466 e. The molecular formula is C18H16O4. The molecule has 0 amide bonds. The molecule has 1 aliphatic heterocycles. The molecule has 1 heterocycles.